The molecule has 1 saturated carbocycles. The molecule has 4 rings (SSSR count). The maximum atomic E-state index is 12.4. The highest BCUT2D eigenvalue weighted by molar-refractivity contribution is 5.98. The maximum Gasteiger partial charge on any atom is 0.407 e. The zero-order valence-electron chi connectivity index (χ0n) is 22.4. The number of hydrogen-bond acceptors (Lipinski definition) is 6. The number of carbonyl (C=O) groups excluding carboxylic acids is 4. The number of aryl methyl sites for hydroxylation is 1. The van der Waals surface area contributed by atoms with E-state index < -0.39 is 0 Å². The molecule has 1 aliphatic heterocycles. The minimum absolute atomic E-state index is 0.0164. The van der Waals surface area contributed by atoms with E-state index in [1.807, 2.05) is 0 Å². The molecule has 0 radical (unpaired) electrons. The smallest absolute Gasteiger partial charge is 0.407 e. The van der Waals surface area contributed by atoms with Crippen molar-refractivity contribution in [2.45, 2.75) is 51.4 Å². The van der Waals surface area contributed by atoms with Crippen molar-refractivity contribution in [2.75, 3.05) is 44.2 Å². The van der Waals surface area contributed by atoms with E-state index in [2.05, 4.69) is 29.1 Å². The molecule has 1 aromatic heterocycles. The molecule has 0 unspecified atom stereocenters. The molecular weight excluding hydrogens is 500 g/mol. The number of unbranched alkanes of at least 4 members (excludes halogenated alkanes) is 1. The first kappa shape index (κ1) is 28.3. The second-order valence-corrected chi connectivity index (χ2v) is 10.3. The van der Waals surface area contributed by atoms with Gasteiger partial charge in [0.05, 0.1) is 6.61 Å². The van der Waals surface area contributed by atoms with E-state index >= 15 is 0 Å². The zero-order chi connectivity index (χ0) is 27.6. The number of carbonyl (C=O) groups is 4. The van der Waals surface area contributed by atoms with Crippen LogP contribution >= 0.6 is 0 Å². The van der Waals surface area contributed by atoms with Gasteiger partial charge in [0.1, 0.15) is 12.3 Å². The quantitative estimate of drug-likeness (QED) is 0.240. The second-order valence-electron chi connectivity index (χ2n) is 10.3. The van der Waals surface area contributed by atoms with Crippen LogP contribution in [0.5, 0.6) is 0 Å². The van der Waals surface area contributed by atoms with E-state index in [1.54, 1.807) is 12.1 Å². The summed E-state index contributed by atoms with van der Waals surface area (Å²) in [4.78, 5) is 51.2. The Bertz CT molecular complexity index is 1100. The fourth-order valence-electron chi connectivity index (χ4n) is 5.37. The van der Waals surface area contributed by atoms with Gasteiger partial charge in [-0.25, -0.2) is 4.79 Å². The molecule has 0 spiro atoms. The Morgan fingerprint density at radius 2 is 1.79 bits per heavy atom. The minimum Gasteiger partial charge on any atom is -0.449 e. The predicted octanol–water partition coefficient (Wildman–Crippen LogP) is 2.64. The van der Waals surface area contributed by atoms with Gasteiger partial charge in [-0.3, -0.25) is 19.3 Å². The number of amides is 4. The summed E-state index contributed by atoms with van der Waals surface area (Å²) in [6.45, 7) is 5.69. The van der Waals surface area contributed by atoms with Crippen LogP contribution in [0, 0.1) is 29.6 Å². The molecule has 2 aliphatic carbocycles. The third-order valence-corrected chi connectivity index (χ3v) is 7.66. The van der Waals surface area contributed by atoms with Crippen LogP contribution in [0.4, 0.5) is 10.7 Å². The highest BCUT2D eigenvalue weighted by Crippen LogP contribution is 2.52. The molecule has 2 fully saturated rings. The molecule has 1 aromatic rings. The molecule has 39 heavy (non-hydrogen) atoms. The first-order chi connectivity index (χ1) is 19.0. The van der Waals surface area contributed by atoms with Gasteiger partial charge >= 0.3 is 6.09 Å². The number of ether oxygens (including phenoxy) is 1. The van der Waals surface area contributed by atoms with E-state index in [1.165, 1.54) is 15.9 Å². The number of hydrogen-bond donors (Lipinski definition) is 2. The van der Waals surface area contributed by atoms with Crippen LogP contribution in [0.3, 0.4) is 0 Å². The van der Waals surface area contributed by atoms with Crippen molar-refractivity contribution < 1.29 is 28.3 Å². The lowest BCUT2D eigenvalue weighted by atomic mass is 10.1. The summed E-state index contributed by atoms with van der Waals surface area (Å²) in [5, 5.41) is 5.67. The van der Waals surface area contributed by atoms with Crippen molar-refractivity contribution in [3.8, 4) is 11.8 Å². The van der Waals surface area contributed by atoms with Crippen molar-refractivity contribution in [3.05, 3.63) is 30.5 Å². The van der Waals surface area contributed by atoms with Crippen molar-refractivity contribution >= 4 is 29.7 Å². The number of nitrogens with one attached hydrogen (secondary N) is 2. The molecule has 2 N–H and O–H groups in total. The third-order valence-electron chi connectivity index (χ3n) is 7.66. The van der Waals surface area contributed by atoms with Crippen LogP contribution in [0.15, 0.2) is 29.2 Å². The molecule has 4 amide bonds. The summed E-state index contributed by atoms with van der Waals surface area (Å²) in [5.74, 6) is 8.64. The fraction of sp³-hybridized carbons (Fsp3) is 0.586. The Balaban J connectivity index is 1.02. The van der Waals surface area contributed by atoms with Crippen molar-refractivity contribution in [3.63, 3.8) is 0 Å². The molecule has 0 bridgehead atoms. The molecule has 2 heterocycles. The predicted molar refractivity (Wildman–Crippen MR) is 144 cm³/mol. The fourth-order valence-corrected chi connectivity index (χ4v) is 5.37. The average Bonchev–Trinajstić information content (AvgIpc) is 3.32. The van der Waals surface area contributed by atoms with Crippen molar-refractivity contribution in [1.29, 1.82) is 0 Å². The Hall–Kier alpha value is -3.74. The molecule has 210 valence electrons. The number of nitrogens with zero attached hydrogens (tertiary/aromatic N) is 2. The summed E-state index contributed by atoms with van der Waals surface area (Å²) >= 11 is 0. The summed E-state index contributed by atoms with van der Waals surface area (Å²) in [6.07, 6.45) is 7.11. The molecule has 1 saturated heterocycles. The van der Waals surface area contributed by atoms with Crippen molar-refractivity contribution in [2.24, 2.45) is 17.8 Å². The van der Waals surface area contributed by atoms with Gasteiger partial charge < -0.3 is 24.7 Å². The Kier molecular flexibility index (Phi) is 10.1. The first-order valence-corrected chi connectivity index (χ1v) is 13.9. The molecule has 3 atom stereocenters. The number of alkyl carbamates (subject to hydrolysis) is 1. The summed E-state index contributed by atoms with van der Waals surface area (Å²) < 4.78 is 11.2. The van der Waals surface area contributed by atoms with E-state index in [4.69, 9.17) is 9.15 Å². The lowest BCUT2D eigenvalue weighted by Gasteiger charge is -2.32. The Labute approximate surface area is 229 Å². The van der Waals surface area contributed by atoms with Crippen LogP contribution in [0.2, 0.25) is 0 Å². The lowest BCUT2D eigenvalue weighted by molar-refractivity contribution is -0.133. The van der Waals surface area contributed by atoms with Crippen LogP contribution in [-0.2, 0) is 25.5 Å². The normalized spacial score (nSPS) is 21.9. The van der Waals surface area contributed by atoms with Gasteiger partial charge in [0.2, 0.25) is 23.6 Å². The van der Waals surface area contributed by atoms with E-state index in [0.717, 1.165) is 38.5 Å². The van der Waals surface area contributed by atoms with Crippen LogP contribution in [0.25, 0.3) is 0 Å². The summed E-state index contributed by atoms with van der Waals surface area (Å²) in [6, 6.07) is 3.47. The van der Waals surface area contributed by atoms with Crippen molar-refractivity contribution in [1.82, 2.24) is 15.5 Å². The number of anilines is 1. The zero-order valence-corrected chi connectivity index (χ0v) is 22.4. The topological polar surface area (TPSA) is 121 Å². The first-order valence-electron chi connectivity index (χ1n) is 13.9. The van der Waals surface area contributed by atoms with Crippen LogP contribution in [-0.4, -0.2) is 68.0 Å². The van der Waals surface area contributed by atoms with E-state index in [-0.39, 0.29) is 36.8 Å². The molecule has 10 nitrogen and oxygen atoms in total. The van der Waals surface area contributed by atoms with Gasteiger partial charge in [0.25, 0.3) is 0 Å². The highest BCUT2D eigenvalue weighted by atomic mass is 16.5. The van der Waals surface area contributed by atoms with Gasteiger partial charge in [-0.05, 0) is 55.6 Å². The minimum atomic E-state index is -0.374. The maximum absolute atomic E-state index is 12.4. The number of fused-ring (bicyclic) bond motifs is 1. The van der Waals surface area contributed by atoms with E-state index in [0.29, 0.717) is 68.6 Å². The highest BCUT2D eigenvalue weighted by Gasteiger charge is 2.49. The lowest BCUT2D eigenvalue weighted by Crippen LogP contribution is -2.52. The van der Waals surface area contributed by atoms with Gasteiger partial charge in [-0.1, -0.05) is 6.58 Å². The molecular formula is C29H38N4O6. The SMILES string of the molecule is C=CC(=O)N1CCN(c2ccc(CCC(=O)NCCCCNC(=O)OC[C@@H]3[C@@H]4CCC#CCC[C@@H]43)o2)C(=O)C1. The molecule has 10 heteroatoms. The Morgan fingerprint density at radius 1 is 1.08 bits per heavy atom. The van der Waals surface area contributed by atoms with E-state index in [9.17, 15) is 19.2 Å². The number of furan rings is 1. The third kappa shape index (κ3) is 8.12. The second kappa shape index (κ2) is 13.9. The molecule has 3 aliphatic rings. The van der Waals surface area contributed by atoms with Crippen LogP contribution in [0.1, 0.15) is 50.7 Å². The van der Waals surface area contributed by atoms with Gasteiger partial charge in [0.15, 0.2) is 0 Å². The van der Waals surface area contributed by atoms with Gasteiger partial charge in [-0.15, -0.1) is 11.8 Å². The number of rotatable bonds is 12. The summed E-state index contributed by atoms with van der Waals surface area (Å²) in [5.41, 5.74) is 0. The van der Waals surface area contributed by atoms with Gasteiger partial charge in [-0.2, -0.15) is 0 Å². The summed E-state index contributed by atoms with van der Waals surface area (Å²) in [7, 11) is 0. The monoisotopic (exact) mass is 538 g/mol. The standard InChI is InChI=1S/C29H38N4O6/c1-2-26(35)32-17-18-33(27(36)19-32)28-14-12-21(39-28)11-13-25(34)30-15-7-8-16-31-29(37)38-20-24-22-9-5-3-4-6-10-23(22)24/h2,12,14,22-24H,1,5-11,13,15-20H2,(H,30,34)(H,31,37)/t22-,23+,24-. The molecule has 0 aromatic carbocycles. The largest absolute Gasteiger partial charge is 0.449 e. The Morgan fingerprint density at radius 3 is 2.49 bits per heavy atom. The van der Waals surface area contributed by atoms with Gasteiger partial charge in [0, 0.05) is 57.9 Å². The number of piperazine rings is 1. The average molecular weight is 539 g/mol. The van der Waals surface area contributed by atoms with Crippen LogP contribution < -0.4 is 15.5 Å².